The van der Waals surface area contributed by atoms with E-state index in [0.29, 0.717) is 38.5 Å². The van der Waals surface area contributed by atoms with E-state index in [1.54, 1.807) is 36.4 Å². The van der Waals surface area contributed by atoms with Gasteiger partial charge in [0, 0.05) is 27.0 Å². The maximum Gasteiger partial charge on any atom is 0.187 e. The summed E-state index contributed by atoms with van der Waals surface area (Å²) in [4.78, 5) is 0. The molecule has 0 radical (unpaired) electrons. The van der Waals surface area contributed by atoms with Gasteiger partial charge in [-0.2, -0.15) is 4.68 Å². The van der Waals surface area contributed by atoms with Crippen LogP contribution in [0.5, 0.6) is 0 Å². The number of anilines is 2. The number of nitrogens with two attached hydrogens (primary N) is 2. The molecule has 106 valence electrons. The molecule has 0 fully saturated rings. The molecule has 21 heavy (non-hydrogen) atoms. The van der Waals surface area contributed by atoms with Crippen LogP contribution in [0.25, 0.3) is 17.1 Å². The van der Waals surface area contributed by atoms with E-state index in [0.717, 1.165) is 0 Å². The van der Waals surface area contributed by atoms with Crippen molar-refractivity contribution in [1.29, 1.82) is 0 Å². The third kappa shape index (κ3) is 2.76. The van der Waals surface area contributed by atoms with Gasteiger partial charge in [0.15, 0.2) is 5.82 Å². The number of nitrogens with zero attached hydrogens (tertiary/aromatic N) is 4. The molecule has 8 heteroatoms. The average molecular weight is 321 g/mol. The highest BCUT2D eigenvalue weighted by molar-refractivity contribution is 6.34. The standard InChI is InChI=1S/C13H10Cl2N6/c14-8-3-9(15)5-12(4-8)21-13(18-19-20-21)7-1-10(16)6-11(17)2-7/h1-6H,16-17H2. The van der Waals surface area contributed by atoms with E-state index in [2.05, 4.69) is 15.5 Å². The number of benzene rings is 2. The Morgan fingerprint density at radius 3 is 2.10 bits per heavy atom. The minimum atomic E-state index is 0.492. The van der Waals surface area contributed by atoms with Crippen molar-refractivity contribution in [2.45, 2.75) is 0 Å². The van der Waals surface area contributed by atoms with Gasteiger partial charge in [-0.05, 0) is 46.8 Å². The van der Waals surface area contributed by atoms with Crippen LogP contribution < -0.4 is 11.5 Å². The fourth-order valence-electron chi connectivity index (χ4n) is 2.01. The van der Waals surface area contributed by atoms with Crippen LogP contribution >= 0.6 is 23.2 Å². The third-order valence-corrected chi connectivity index (χ3v) is 3.23. The fraction of sp³-hybridized carbons (Fsp3) is 0. The highest BCUT2D eigenvalue weighted by Crippen LogP contribution is 2.27. The Hall–Kier alpha value is -2.31. The minimum Gasteiger partial charge on any atom is -0.399 e. The SMILES string of the molecule is Nc1cc(N)cc(-c2nnnn2-c2cc(Cl)cc(Cl)c2)c1. The summed E-state index contributed by atoms with van der Waals surface area (Å²) in [6.07, 6.45) is 0. The van der Waals surface area contributed by atoms with Crippen molar-refractivity contribution in [3.8, 4) is 17.1 Å². The predicted octanol–water partition coefficient (Wildman–Crippen LogP) is 2.80. The lowest BCUT2D eigenvalue weighted by Gasteiger charge is -2.07. The maximum absolute atomic E-state index is 6.01. The number of tetrazole rings is 1. The van der Waals surface area contributed by atoms with Crippen molar-refractivity contribution in [2.75, 3.05) is 11.5 Å². The van der Waals surface area contributed by atoms with E-state index in [1.165, 1.54) is 4.68 Å². The Morgan fingerprint density at radius 1 is 0.857 bits per heavy atom. The summed E-state index contributed by atoms with van der Waals surface area (Å²) in [5.74, 6) is 0.493. The first-order chi connectivity index (χ1) is 10.0. The van der Waals surface area contributed by atoms with E-state index >= 15 is 0 Å². The Balaban J connectivity index is 2.16. The molecule has 2 aromatic carbocycles. The molecule has 1 aromatic heterocycles. The number of nitrogen functional groups attached to an aromatic ring is 2. The molecule has 1 heterocycles. The zero-order valence-electron chi connectivity index (χ0n) is 10.7. The summed E-state index contributed by atoms with van der Waals surface area (Å²) >= 11 is 12.0. The van der Waals surface area contributed by atoms with Crippen LogP contribution in [0.3, 0.4) is 0 Å². The summed E-state index contributed by atoms with van der Waals surface area (Å²) in [5, 5.41) is 12.6. The molecular formula is C13H10Cl2N6. The van der Waals surface area contributed by atoms with Crippen LogP contribution in [-0.2, 0) is 0 Å². The second-order valence-electron chi connectivity index (χ2n) is 4.43. The van der Waals surface area contributed by atoms with Crippen LogP contribution in [0.4, 0.5) is 11.4 Å². The zero-order valence-corrected chi connectivity index (χ0v) is 12.2. The molecule has 3 aromatic rings. The van der Waals surface area contributed by atoms with Crippen molar-refractivity contribution < 1.29 is 0 Å². The van der Waals surface area contributed by atoms with E-state index in [9.17, 15) is 0 Å². The van der Waals surface area contributed by atoms with Crippen LogP contribution in [0.2, 0.25) is 10.0 Å². The molecule has 0 unspecified atom stereocenters. The molecule has 0 saturated heterocycles. The lowest BCUT2D eigenvalue weighted by Crippen LogP contribution is -2.01. The first kappa shape index (κ1) is 13.7. The molecular weight excluding hydrogens is 311 g/mol. The molecule has 0 aliphatic heterocycles. The smallest absolute Gasteiger partial charge is 0.187 e. The van der Waals surface area contributed by atoms with Gasteiger partial charge in [-0.25, -0.2) is 0 Å². The van der Waals surface area contributed by atoms with Crippen LogP contribution in [-0.4, -0.2) is 20.2 Å². The lowest BCUT2D eigenvalue weighted by molar-refractivity contribution is 0.791. The highest BCUT2D eigenvalue weighted by atomic mass is 35.5. The van der Waals surface area contributed by atoms with Crippen molar-refractivity contribution in [2.24, 2.45) is 0 Å². The van der Waals surface area contributed by atoms with Gasteiger partial charge >= 0.3 is 0 Å². The Kier molecular flexibility index (Phi) is 3.40. The van der Waals surface area contributed by atoms with E-state index in [-0.39, 0.29) is 0 Å². The number of hydrogen-bond acceptors (Lipinski definition) is 5. The van der Waals surface area contributed by atoms with Crippen LogP contribution in [0.15, 0.2) is 36.4 Å². The Morgan fingerprint density at radius 2 is 1.48 bits per heavy atom. The van der Waals surface area contributed by atoms with E-state index in [1.807, 2.05) is 0 Å². The van der Waals surface area contributed by atoms with Crippen molar-refractivity contribution in [3.05, 3.63) is 46.4 Å². The molecule has 0 atom stereocenters. The van der Waals surface area contributed by atoms with Crippen LogP contribution in [0.1, 0.15) is 0 Å². The molecule has 0 spiro atoms. The zero-order chi connectivity index (χ0) is 15.0. The van der Waals surface area contributed by atoms with Gasteiger partial charge in [0.2, 0.25) is 0 Å². The first-order valence-electron chi connectivity index (χ1n) is 5.94. The average Bonchev–Trinajstić information content (AvgIpc) is 2.85. The van der Waals surface area contributed by atoms with Crippen molar-refractivity contribution in [1.82, 2.24) is 20.2 Å². The molecule has 0 amide bonds. The lowest BCUT2D eigenvalue weighted by atomic mass is 10.1. The molecule has 3 rings (SSSR count). The summed E-state index contributed by atoms with van der Waals surface area (Å²) < 4.78 is 1.52. The molecule has 0 saturated carbocycles. The number of hydrogen-bond donors (Lipinski definition) is 2. The van der Waals surface area contributed by atoms with E-state index in [4.69, 9.17) is 34.7 Å². The maximum atomic E-state index is 6.01. The quantitative estimate of drug-likeness (QED) is 0.708. The predicted molar refractivity (Wildman–Crippen MR) is 83.4 cm³/mol. The largest absolute Gasteiger partial charge is 0.399 e. The molecule has 4 N–H and O–H groups in total. The Labute approximate surface area is 130 Å². The summed E-state index contributed by atoms with van der Waals surface area (Å²) in [7, 11) is 0. The fourth-order valence-corrected chi connectivity index (χ4v) is 2.52. The molecule has 0 bridgehead atoms. The minimum absolute atomic E-state index is 0.492. The highest BCUT2D eigenvalue weighted by Gasteiger charge is 2.13. The van der Waals surface area contributed by atoms with Gasteiger partial charge < -0.3 is 11.5 Å². The van der Waals surface area contributed by atoms with Crippen molar-refractivity contribution >= 4 is 34.6 Å². The summed E-state index contributed by atoms with van der Waals surface area (Å²) in [6, 6.07) is 10.2. The first-order valence-corrected chi connectivity index (χ1v) is 6.70. The topological polar surface area (TPSA) is 95.6 Å². The monoisotopic (exact) mass is 320 g/mol. The van der Waals surface area contributed by atoms with E-state index < -0.39 is 0 Å². The van der Waals surface area contributed by atoms with Gasteiger partial charge in [0.05, 0.1) is 5.69 Å². The van der Waals surface area contributed by atoms with Gasteiger partial charge in [-0.15, -0.1) is 5.10 Å². The summed E-state index contributed by atoms with van der Waals surface area (Å²) in [6.45, 7) is 0. The molecule has 6 nitrogen and oxygen atoms in total. The molecule has 0 aliphatic rings. The van der Waals surface area contributed by atoms with Gasteiger partial charge in [-0.3, -0.25) is 0 Å². The second-order valence-corrected chi connectivity index (χ2v) is 5.30. The van der Waals surface area contributed by atoms with Crippen molar-refractivity contribution in [3.63, 3.8) is 0 Å². The number of aromatic nitrogens is 4. The second kappa shape index (κ2) is 5.23. The number of rotatable bonds is 2. The summed E-state index contributed by atoms with van der Waals surface area (Å²) in [5.41, 5.74) is 14.0. The van der Waals surface area contributed by atoms with Crippen LogP contribution in [0, 0.1) is 0 Å². The van der Waals surface area contributed by atoms with Gasteiger partial charge in [0.1, 0.15) is 0 Å². The van der Waals surface area contributed by atoms with Gasteiger partial charge in [-0.1, -0.05) is 23.2 Å². The number of halogens is 2. The Bertz CT molecular complexity index is 708. The van der Waals surface area contributed by atoms with Gasteiger partial charge in [0.25, 0.3) is 0 Å². The molecule has 0 aliphatic carbocycles. The third-order valence-electron chi connectivity index (χ3n) is 2.80. The normalized spacial score (nSPS) is 10.8.